The molecule has 0 saturated carbocycles. The van der Waals surface area contributed by atoms with Gasteiger partial charge in [-0.05, 0) is 30.5 Å². The lowest BCUT2D eigenvalue weighted by Crippen LogP contribution is -2.44. The van der Waals surface area contributed by atoms with Gasteiger partial charge in [0.2, 0.25) is 10.0 Å². The predicted octanol–water partition coefficient (Wildman–Crippen LogP) is 2.29. The van der Waals surface area contributed by atoms with E-state index in [4.69, 9.17) is 9.47 Å². The van der Waals surface area contributed by atoms with E-state index in [0.29, 0.717) is 34.8 Å². The maximum absolute atomic E-state index is 12.0. The van der Waals surface area contributed by atoms with E-state index in [9.17, 15) is 8.42 Å². The Bertz CT molecular complexity index is 861. The van der Waals surface area contributed by atoms with Crippen molar-refractivity contribution in [3.63, 3.8) is 0 Å². The fraction of sp³-hybridized carbons (Fsp3) is 0.389. The van der Waals surface area contributed by atoms with Gasteiger partial charge >= 0.3 is 0 Å². The number of nitrogens with zero attached hydrogens (tertiary/aromatic N) is 1. The summed E-state index contributed by atoms with van der Waals surface area (Å²) < 4.78 is 38.1. The van der Waals surface area contributed by atoms with Crippen LogP contribution in [0.5, 0.6) is 11.5 Å². The lowest BCUT2D eigenvalue weighted by molar-refractivity contribution is 0.213. The summed E-state index contributed by atoms with van der Waals surface area (Å²) in [5.41, 5.74) is 0. The number of nitrogens with one attached hydrogen (secondary N) is 3. The van der Waals surface area contributed by atoms with E-state index in [2.05, 4.69) is 20.3 Å². The molecule has 1 heterocycles. The highest BCUT2D eigenvalue weighted by Gasteiger charge is 2.14. The third-order valence-electron chi connectivity index (χ3n) is 3.65. The molecule has 8 nitrogen and oxygen atoms in total. The molecular formula is C18H27IN4O4S2. The van der Waals surface area contributed by atoms with E-state index in [-0.39, 0.29) is 36.6 Å². The van der Waals surface area contributed by atoms with Crippen LogP contribution in [0.2, 0.25) is 0 Å². The van der Waals surface area contributed by atoms with Crippen molar-refractivity contribution in [3.05, 3.63) is 41.8 Å². The molecule has 0 fully saturated rings. The highest BCUT2D eigenvalue weighted by atomic mass is 127. The lowest BCUT2D eigenvalue weighted by Gasteiger charge is -2.19. The molecule has 1 aromatic heterocycles. The number of methoxy groups -OCH3 is 1. The van der Waals surface area contributed by atoms with Crippen molar-refractivity contribution in [1.82, 2.24) is 15.4 Å². The summed E-state index contributed by atoms with van der Waals surface area (Å²) in [7, 11) is -0.202. The number of ether oxygens (including phenoxy) is 2. The van der Waals surface area contributed by atoms with Crippen LogP contribution in [-0.4, -0.2) is 54.3 Å². The van der Waals surface area contributed by atoms with E-state index in [1.54, 1.807) is 31.7 Å². The first-order chi connectivity index (χ1) is 13.5. The normalized spacial score (nSPS) is 12.6. The highest BCUT2D eigenvalue weighted by Crippen LogP contribution is 2.26. The zero-order valence-electron chi connectivity index (χ0n) is 16.5. The predicted molar refractivity (Wildman–Crippen MR) is 127 cm³/mol. The standard InChI is InChI=1S/C18H26N4O4S2.HI/c1-14(26-16-8-5-4-7-15(16)25-3)13-21-18(19-2)20-10-11-22-28(23,24)17-9-6-12-27-17;/h4-9,12,14,22H,10-11,13H2,1-3H3,(H2,19,20,21);1H. The number of benzene rings is 1. The first kappa shape index (κ1) is 25.5. The van der Waals surface area contributed by atoms with E-state index in [1.165, 1.54) is 11.3 Å². The van der Waals surface area contributed by atoms with Crippen molar-refractivity contribution in [2.24, 2.45) is 4.99 Å². The summed E-state index contributed by atoms with van der Waals surface area (Å²) in [5.74, 6) is 1.91. The molecule has 0 amide bonds. The van der Waals surface area contributed by atoms with E-state index in [0.717, 1.165) is 0 Å². The topological polar surface area (TPSA) is 101 Å². The molecule has 0 bridgehead atoms. The zero-order chi connectivity index (χ0) is 20.4. The Kier molecular flexibility index (Phi) is 11.3. The molecule has 2 rings (SSSR count). The maximum atomic E-state index is 12.0. The minimum atomic E-state index is -3.45. The zero-order valence-corrected chi connectivity index (χ0v) is 20.5. The Labute approximate surface area is 193 Å². The molecule has 11 heteroatoms. The van der Waals surface area contributed by atoms with Gasteiger partial charge in [-0.3, -0.25) is 4.99 Å². The summed E-state index contributed by atoms with van der Waals surface area (Å²) >= 11 is 1.18. The fourth-order valence-corrected chi connectivity index (χ4v) is 4.36. The van der Waals surface area contributed by atoms with Crippen molar-refractivity contribution in [1.29, 1.82) is 0 Å². The average Bonchev–Trinajstić information content (AvgIpc) is 3.23. The number of para-hydroxylation sites is 2. The second kappa shape index (κ2) is 12.9. The van der Waals surface area contributed by atoms with Gasteiger partial charge in [-0.1, -0.05) is 18.2 Å². The number of aliphatic imine (C=N–C) groups is 1. The molecule has 0 aliphatic carbocycles. The summed E-state index contributed by atoms with van der Waals surface area (Å²) in [6.45, 7) is 3.08. The van der Waals surface area contributed by atoms with Gasteiger partial charge in [0.05, 0.1) is 13.7 Å². The van der Waals surface area contributed by atoms with Gasteiger partial charge in [0.1, 0.15) is 10.3 Å². The third kappa shape index (κ3) is 8.36. The SMILES string of the molecule is CN=C(NCCNS(=O)(=O)c1cccs1)NCC(C)Oc1ccccc1OC.I. The van der Waals surface area contributed by atoms with Crippen molar-refractivity contribution < 1.29 is 17.9 Å². The molecule has 0 aliphatic heterocycles. The molecule has 29 heavy (non-hydrogen) atoms. The number of guanidine groups is 1. The van der Waals surface area contributed by atoms with Gasteiger partial charge in [0, 0.05) is 20.1 Å². The summed E-state index contributed by atoms with van der Waals surface area (Å²) in [5, 5.41) is 7.94. The molecule has 2 aromatic rings. The van der Waals surface area contributed by atoms with Gasteiger partial charge in [-0.2, -0.15) is 0 Å². The van der Waals surface area contributed by atoms with Crippen LogP contribution >= 0.6 is 35.3 Å². The van der Waals surface area contributed by atoms with Crippen LogP contribution in [-0.2, 0) is 10.0 Å². The van der Waals surface area contributed by atoms with Crippen LogP contribution in [0.4, 0.5) is 0 Å². The second-order valence-corrected chi connectivity index (χ2v) is 8.73. The van der Waals surface area contributed by atoms with Crippen molar-refractivity contribution in [2.45, 2.75) is 17.2 Å². The van der Waals surface area contributed by atoms with Gasteiger partial charge < -0.3 is 20.1 Å². The van der Waals surface area contributed by atoms with Gasteiger partial charge in [-0.15, -0.1) is 35.3 Å². The number of hydrogen-bond donors (Lipinski definition) is 3. The quantitative estimate of drug-likeness (QED) is 0.180. The van der Waals surface area contributed by atoms with Crippen LogP contribution in [0, 0.1) is 0 Å². The molecule has 0 radical (unpaired) electrons. The summed E-state index contributed by atoms with van der Waals surface area (Å²) in [6, 6.07) is 10.7. The summed E-state index contributed by atoms with van der Waals surface area (Å²) in [6.07, 6.45) is -0.132. The van der Waals surface area contributed by atoms with Crippen LogP contribution in [0.3, 0.4) is 0 Å². The largest absolute Gasteiger partial charge is 0.493 e. The summed E-state index contributed by atoms with van der Waals surface area (Å²) in [4.78, 5) is 4.12. The first-order valence-electron chi connectivity index (χ1n) is 8.73. The van der Waals surface area contributed by atoms with E-state index < -0.39 is 10.0 Å². The van der Waals surface area contributed by atoms with Crippen molar-refractivity contribution >= 4 is 51.3 Å². The first-order valence-corrected chi connectivity index (χ1v) is 11.1. The number of sulfonamides is 1. The molecule has 162 valence electrons. The Hall–Kier alpha value is -1.57. The number of thiophene rings is 1. The molecule has 1 atom stereocenters. The average molecular weight is 554 g/mol. The lowest BCUT2D eigenvalue weighted by atomic mass is 10.3. The molecule has 0 aliphatic rings. The minimum absolute atomic E-state index is 0. The second-order valence-electron chi connectivity index (χ2n) is 5.79. The van der Waals surface area contributed by atoms with Gasteiger partial charge in [0.25, 0.3) is 0 Å². The Morgan fingerprint density at radius 2 is 1.86 bits per heavy atom. The Morgan fingerprint density at radius 1 is 1.14 bits per heavy atom. The molecule has 0 spiro atoms. The van der Waals surface area contributed by atoms with Crippen LogP contribution in [0.1, 0.15) is 6.92 Å². The molecule has 1 aromatic carbocycles. The monoisotopic (exact) mass is 554 g/mol. The fourth-order valence-electron chi connectivity index (χ4n) is 2.29. The number of halogens is 1. The van der Waals surface area contributed by atoms with Crippen LogP contribution in [0.25, 0.3) is 0 Å². The maximum Gasteiger partial charge on any atom is 0.250 e. The number of rotatable bonds is 10. The minimum Gasteiger partial charge on any atom is -0.493 e. The molecule has 3 N–H and O–H groups in total. The molecular weight excluding hydrogens is 527 g/mol. The Balaban J connectivity index is 0.00000420. The van der Waals surface area contributed by atoms with E-state index in [1.807, 2.05) is 31.2 Å². The number of hydrogen-bond acceptors (Lipinski definition) is 6. The van der Waals surface area contributed by atoms with E-state index >= 15 is 0 Å². The van der Waals surface area contributed by atoms with Crippen molar-refractivity contribution in [3.8, 4) is 11.5 Å². The molecule has 0 saturated heterocycles. The third-order valence-corrected chi connectivity index (χ3v) is 6.51. The Morgan fingerprint density at radius 3 is 2.48 bits per heavy atom. The molecule has 1 unspecified atom stereocenters. The van der Waals surface area contributed by atoms with Crippen LogP contribution < -0.4 is 24.8 Å². The highest BCUT2D eigenvalue weighted by molar-refractivity contribution is 14.0. The van der Waals surface area contributed by atoms with Crippen molar-refractivity contribution in [2.75, 3.05) is 33.8 Å². The van der Waals surface area contributed by atoms with Gasteiger partial charge in [-0.25, -0.2) is 13.1 Å². The van der Waals surface area contributed by atoms with Crippen LogP contribution in [0.15, 0.2) is 51.0 Å². The van der Waals surface area contributed by atoms with Gasteiger partial charge in [0.15, 0.2) is 17.5 Å². The smallest absolute Gasteiger partial charge is 0.250 e.